The molecule has 1 aromatic rings. The quantitative estimate of drug-likeness (QED) is 0.523. The van der Waals surface area contributed by atoms with E-state index in [1.54, 1.807) is 6.08 Å². The average Bonchev–Trinajstić information content (AvgIpc) is 2.34. The lowest BCUT2D eigenvalue weighted by Crippen LogP contribution is -1.57. The van der Waals surface area contributed by atoms with Crippen molar-refractivity contribution in [3.8, 4) is 6.07 Å². The van der Waals surface area contributed by atoms with Crippen molar-refractivity contribution < 1.29 is 4.52 Å². The second kappa shape index (κ2) is 2.68. The monoisotopic (exact) mass is 120 g/mol. The summed E-state index contributed by atoms with van der Waals surface area (Å²) in [7, 11) is 0. The SMILES string of the molecule is N#CC=Cc1cnoc1. The van der Waals surface area contributed by atoms with Gasteiger partial charge < -0.3 is 4.52 Å². The zero-order valence-corrected chi connectivity index (χ0v) is 4.61. The minimum Gasteiger partial charge on any atom is -0.364 e. The Morgan fingerprint density at radius 2 is 2.67 bits per heavy atom. The van der Waals surface area contributed by atoms with Crippen LogP contribution in [0.5, 0.6) is 0 Å². The van der Waals surface area contributed by atoms with Crippen LogP contribution < -0.4 is 0 Å². The zero-order valence-electron chi connectivity index (χ0n) is 4.61. The number of aromatic nitrogens is 1. The zero-order chi connectivity index (χ0) is 6.53. The van der Waals surface area contributed by atoms with E-state index in [4.69, 9.17) is 5.26 Å². The molecule has 0 saturated carbocycles. The smallest absolute Gasteiger partial charge is 0.131 e. The van der Waals surface area contributed by atoms with Gasteiger partial charge in [0.2, 0.25) is 0 Å². The lowest BCUT2D eigenvalue weighted by atomic mass is 10.3. The Labute approximate surface area is 52.2 Å². The molecule has 0 radical (unpaired) electrons. The van der Waals surface area contributed by atoms with Gasteiger partial charge in [0.1, 0.15) is 6.26 Å². The van der Waals surface area contributed by atoms with Gasteiger partial charge in [0.25, 0.3) is 0 Å². The molecule has 0 aliphatic rings. The second-order valence-electron chi connectivity index (χ2n) is 1.42. The normalized spacial score (nSPS) is 9.67. The molecule has 9 heavy (non-hydrogen) atoms. The highest BCUT2D eigenvalue weighted by molar-refractivity contribution is 5.48. The molecular formula is C6H4N2O. The Balaban J connectivity index is 2.71. The van der Waals surface area contributed by atoms with E-state index < -0.39 is 0 Å². The first-order valence-electron chi connectivity index (χ1n) is 2.39. The third-order valence-corrected chi connectivity index (χ3v) is 0.802. The highest BCUT2D eigenvalue weighted by atomic mass is 16.5. The van der Waals surface area contributed by atoms with Gasteiger partial charge in [-0.1, -0.05) is 5.16 Å². The minimum atomic E-state index is 0.802. The molecule has 0 N–H and O–H groups in total. The lowest BCUT2D eigenvalue weighted by Gasteiger charge is -1.69. The average molecular weight is 120 g/mol. The molecule has 0 bridgehead atoms. The third kappa shape index (κ3) is 1.42. The summed E-state index contributed by atoms with van der Waals surface area (Å²) >= 11 is 0. The topological polar surface area (TPSA) is 49.8 Å². The van der Waals surface area contributed by atoms with Crippen LogP contribution in [0, 0.1) is 11.3 Å². The molecule has 0 saturated heterocycles. The summed E-state index contributed by atoms with van der Waals surface area (Å²) in [6.45, 7) is 0. The molecule has 3 nitrogen and oxygen atoms in total. The van der Waals surface area contributed by atoms with Gasteiger partial charge in [-0.05, 0) is 6.08 Å². The van der Waals surface area contributed by atoms with E-state index in [0.29, 0.717) is 0 Å². The van der Waals surface area contributed by atoms with Crippen molar-refractivity contribution in [2.45, 2.75) is 0 Å². The van der Waals surface area contributed by atoms with Crippen LogP contribution in [0.1, 0.15) is 5.56 Å². The van der Waals surface area contributed by atoms with E-state index in [0.717, 1.165) is 5.56 Å². The summed E-state index contributed by atoms with van der Waals surface area (Å²) in [5.41, 5.74) is 0.802. The van der Waals surface area contributed by atoms with Crippen LogP contribution in [0.2, 0.25) is 0 Å². The fraction of sp³-hybridized carbons (Fsp3) is 0. The van der Waals surface area contributed by atoms with Gasteiger partial charge in [-0.25, -0.2) is 0 Å². The van der Waals surface area contributed by atoms with Crippen LogP contribution >= 0.6 is 0 Å². The van der Waals surface area contributed by atoms with E-state index >= 15 is 0 Å². The predicted molar refractivity (Wildman–Crippen MR) is 31.1 cm³/mol. The highest BCUT2D eigenvalue weighted by Gasteiger charge is 1.84. The maximum atomic E-state index is 8.08. The Bertz CT molecular complexity index is 230. The maximum Gasteiger partial charge on any atom is 0.131 e. The van der Waals surface area contributed by atoms with Crippen molar-refractivity contribution in [1.29, 1.82) is 5.26 Å². The molecule has 0 aromatic carbocycles. The molecular weight excluding hydrogens is 116 g/mol. The summed E-state index contributed by atoms with van der Waals surface area (Å²) in [5.74, 6) is 0. The second-order valence-corrected chi connectivity index (χ2v) is 1.42. The molecule has 44 valence electrons. The van der Waals surface area contributed by atoms with E-state index in [-0.39, 0.29) is 0 Å². The number of nitrogens with zero attached hydrogens (tertiary/aromatic N) is 2. The first-order chi connectivity index (χ1) is 4.43. The molecule has 3 heteroatoms. The Hall–Kier alpha value is -1.56. The molecule has 1 rings (SSSR count). The van der Waals surface area contributed by atoms with Gasteiger partial charge >= 0.3 is 0 Å². The number of rotatable bonds is 1. The summed E-state index contributed by atoms with van der Waals surface area (Å²) in [5, 5.41) is 11.5. The summed E-state index contributed by atoms with van der Waals surface area (Å²) in [6, 6.07) is 1.86. The van der Waals surface area contributed by atoms with Gasteiger partial charge in [-0.15, -0.1) is 0 Å². The van der Waals surface area contributed by atoms with E-state index in [1.165, 1.54) is 18.5 Å². The summed E-state index contributed by atoms with van der Waals surface area (Å²) < 4.78 is 4.50. The summed E-state index contributed by atoms with van der Waals surface area (Å²) in [4.78, 5) is 0. The van der Waals surface area contributed by atoms with Crippen LogP contribution in [0.15, 0.2) is 23.1 Å². The van der Waals surface area contributed by atoms with Crippen molar-refractivity contribution in [3.05, 3.63) is 24.1 Å². The Kier molecular flexibility index (Phi) is 1.66. The number of hydrogen-bond donors (Lipinski definition) is 0. The maximum absolute atomic E-state index is 8.08. The molecule has 0 fully saturated rings. The first-order valence-corrected chi connectivity index (χ1v) is 2.39. The molecule has 1 heterocycles. The van der Waals surface area contributed by atoms with Crippen molar-refractivity contribution in [1.82, 2.24) is 5.16 Å². The van der Waals surface area contributed by atoms with Crippen molar-refractivity contribution >= 4 is 6.08 Å². The molecule has 0 amide bonds. The van der Waals surface area contributed by atoms with Gasteiger partial charge in [-0.2, -0.15) is 5.26 Å². The molecule has 0 atom stereocenters. The fourth-order valence-electron chi connectivity index (χ4n) is 0.429. The standard InChI is InChI=1S/C6H4N2O/c7-3-1-2-6-4-8-9-5-6/h1-2,4-5H. The first kappa shape index (κ1) is 5.57. The Morgan fingerprint density at radius 1 is 1.78 bits per heavy atom. The van der Waals surface area contributed by atoms with Crippen LogP contribution in [-0.2, 0) is 0 Å². The molecule has 0 unspecified atom stereocenters. The van der Waals surface area contributed by atoms with Gasteiger partial charge in [0.05, 0.1) is 12.3 Å². The summed E-state index contributed by atoms with van der Waals surface area (Å²) in [6.07, 6.45) is 5.99. The molecule has 1 aromatic heterocycles. The Morgan fingerprint density at radius 3 is 3.22 bits per heavy atom. The number of allylic oxidation sites excluding steroid dienone is 1. The number of hydrogen-bond acceptors (Lipinski definition) is 3. The van der Waals surface area contributed by atoms with Crippen LogP contribution in [0.25, 0.3) is 6.08 Å². The van der Waals surface area contributed by atoms with E-state index in [1.807, 2.05) is 6.07 Å². The minimum absolute atomic E-state index is 0.802. The van der Waals surface area contributed by atoms with Crippen LogP contribution in [-0.4, -0.2) is 5.16 Å². The predicted octanol–water partition coefficient (Wildman–Crippen LogP) is 1.21. The van der Waals surface area contributed by atoms with Crippen molar-refractivity contribution in [3.63, 3.8) is 0 Å². The number of nitriles is 1. The van der Waals surface area contributed by atoms with Gasteiger partial charge in [-0.3, -0.25) is 0 Å². The van der Waals surface area contributed by atoms with Gasteiger partial charge in [0, 0.05) is 11.6 Å². The lowest BCUT2D eigenvalue weighted by molar-refractivity contribution is 0.419. The van der Waals surface area contributed by atoms with E-state index in [2.05, 4.69) is 9.68 Å². The van der Waals surface area contributed by atoms with Gasteiger partial charge in [0.15, 0.2) is 0 Å². The highest BCUT2D eigenvalue weighted by Crippen LogP contribution is 1.97. The fourth-order valence-corrected chi connectivity index (χ4v) is 0.429. The van der Waals surface area contributed by atoms with Crippen LogP contribution in [0.3, 0.4) is 0 Å². The largest absolute Gasteiger partial charge is 0.364 e. The molecule has 0 aliphatic carbocycles. The van der Waals surface area contributed by atoms with Crippen molar-refractivity contribution in [2.24, 2.45) is 0 Å². The van der Waals surface area contributed by atoms with Crippen molar-refractivity contribution in [2.75, 3.05) is 0 Å². The third-order valence-electron chi connectivity index (χ3n) is 0.802. The van der Waals surface area contributed by atoms with Crippen LogP contribution in [0.4, 0.5) is 0 Å². The van der Waals surface area contributed by atoms with E-state index in [9.17, 15) is 0 Å². The molecule has 0 spiro atoms. The molecule has 0 aliphatic heterocycles.